The smallest absolute Gasteiger partial charge is 0.118 e. The maximum absolute atomic E-state index is 5.32. The van der Waals surface area contributed by atoms with Crippen molar-refractivity contribution in [3.63, 3.8) is 0 Å². The second kappa shape index (κ2) is 12.6. The SMILES string of the molecule is CC.CC.CNC(c1ccccc1)(c1ccc(OC)cc1)c1ccc(OC)cc1. The molecular weight excluding hydrogens is 358 g/mol. The van der Waals surface area contributed by atoms with E-state index < -0.39 is 5.54 Å². The summed E-state index contributed by atoms with van der Waals surface area (Å²) in [6, 6.07) is 26.8. The van der Waals surface area contributed by atoms with Crippen LogP contribution >= 0.6 is 0 Å². The van der Waals surface area contributed by atoms with Crippen molar-refractivity contribution in [3.8, 4) is 11.5 Å². The summed E-state index contributed by atoms with van der Waals surface area (Å²) < 4.78 is 10.6. The molecule has 0 aliphatic carbocycles. The normalized spacial score (nSPS) is 10.0. The lowest BCUT2D eigenvalue weighted by molar-refractivity contribution is 0.413. The molecule has 29 heavy (non-hydrogen) atoms. The molecule has 0 saturated heterocycles. The van der Waals surface area contributed by atoms with Crippen molar-refractivity contribution in [1.82, 2.24) is 5.32 Å². The standard InChI is InChI=1S/C22H23NO2.2C2H6/c1-23-22(17-7-5-4-6-8-17,18-9-13-20(24-2)14-10-18)19-11-15-21(25-3)16-12-19;2*1-2/h4-16,23H,1-3H3;2*1-2H3. The number of nitrogens with one attached hydrogen (secondary N) is 1. The van der Waals surface area contributed by atoms with Crippen molar-refractivity contribution in [2.75, 3.05) is 21.3 Å². The van der Waals surface area contributed by atoms with E-state index in [4.69, 9.17) is 9.47 Å². The fraction of sp³-hybridized carbons (Fsp3) is 0.308. The summed E-state index contributed by atoms with van der Waals surface area (Å²) in [5.74, 6) is 1.69. The number of hydrogen-bond acceptors (Lipinski definition) is 3. The van der Waals surface area contributed by atoms with Gasteiger partial charge in [0.15, 0.2) is 0 Å². The van der Waals surface area contributed by atoms with Crippen LogP contribution in [0.3, 0.4) is 0 Å². The number of rotatable bonds is 6. The molecule has 1 N–H and O–H groups in total. The molecule has 3 heteroatoms. The second-order valence-electron chi connectivity index (χ2n) is 5.82. The van der Waals surface area contributed by atoms with Gasteiger partial charge in [-0.15, -0.1) is 0 Å². The van der Waals surface area contributed by atoms with Gasteiger partial charge in [-0.2, -0.15) is 0 Å². The molecule has 0 amide bonds. The van der Waals surface area contributed by atoms with Gasteiger partial charge in [0.1, 0.15) is 11.5 Å². The largest absolute Gasteiger partial charge is 0.497 e. The lowest BCUT2D eigenvalue weighted by Crippen LogP contribution is -2.42. The van der Waals surface area contributed by atoms with E-state index in [-0.39, 0.29) is 0 Å². The van der Waals surface area contributed by atoms with Gasteiger partial charge >= 0.3 is 0 Å². The van der Waals surface area contributed by atoms with E-state index in [0.717, 1.165) is 22.6 Å². The van der Waals surface area contributed by atoms with E-state index in [2.05, 4.69) is 53.8 Å². The molecule has 0 fully saturated rings. The van der Waals surface area contributed by atoms with Gasteiger partial charge in [0.25, 0.3) is 0 Å². The first-order chi connectivity index (χ1) is 14.2. The molecule has 3 nitrogen and oxygen atoms in total. The molecule has 0 aliphatic rings. The third kappa shape index (κ3) is 5.39. The van der Waals surface area contributed by atoms with Crippen molar-refractivity contribution < 1.29 is 9.47 Å². The second-order valence-corrected chi connectivity index (χ2v) is 5.82. The van der Waals surface area contributed by atoms with Crippen molar-refractivity contribution in [3.05, 3.63) is 95.6 Å². The van der Waals surface area contributed by atoms with Gasteiger partial charge in [0.2, 0.25) is 0 Å². The Morgan fingerprint density at radius 2 is 0.897 bits per heavy atom. The average molecular weight is 394 g/mol. The molecule has 0 bridgehead atoms. The van der Waals surface area contributed by atoms with Crippen molar-refractivity contribution in [2.24, 2.45) is 0 Å². The third-order valence-corrected chi connectivity index (χ3v) is 4.63. The van der Waals surface area contributed by atoms with E-state index in [9.17, 15) is 0 Å². The highest BCUT2D eigenvalue weighted by Crippen LogP contribution is 2.37. The molecule has 0 aliphatic heterocycles. The summed E-state index contributed by atoms with van der Waals surface area (Å²) in [5, 5.41) is 3.56. The van der Waals surface area contributed by atoms with Gasteiger partial charge in [-0.05, 0) is 48.0 Å². The predicted octanol–water partition coefficient (Wildman–Crippen LogP) is 6.27. The van der Waals surface area contributed by atoms with Crippen LogP contribution in [0.2, 0.25) is 0 Å². The Bertz CT molecular complexity index is 749. The molecule has 0 atom stereocenters. The fourth-order valence-electron chi connectivity index (χ4n) is 3.30. The summed E-state index contributed by atoms with van der Waals surface area (Å²) >= 11 is 0. The maximum Gasteiger partial charge on any atom is 0.118 e. The van der Waals surface area contributed by atoms with E-state index in [1.165, 1.54) is 5.56 Å². The average Bonchev–Trinajstić information content (AvgIpc) is 2.84. The molecule has 156 valence electrons. The third-order valence-electron chi connectivity index (χ3n) is 4.63. The Labute approximate surface area is 176 Å². The Morgan fingerprint density at radius 1 is 0.552 bits per heavy atom. The van der Waals surface area contributed by atoms with Gasteiger partial charge in [-0.1, -0.05) is 82.3 Å². The van der Waals surface area contributed by atoms with Gasteiger partial charge in [-0.3, -0.25) is 0 Å². The summed E-state index contributed by atoms with van der Waals surface area (Å²) in [7, 11) is 5.35. The van der Waals surface area contributed by atoms with Crippen LogP contribution in [0, 0.1) is 0 Å². The Balaban J connectivity index is 0.000000989. The number of methoxy groups -OCH3 is 2. The van der Waals surface area contributed by atoms with E-state index >= 15 is 0 Å². The molecular formula is C26H35NO2. The highest BCUT2D eigenvalue weighted by atomic mass is 16.5. The minimum absolute atomic E-state index is 0.459. The molecule has 0 spiro atoms. The quantitative estimate of drug-likeness (QED) is 0.501. The van der Waals surface area contributed by atoms with Crippen molar-refractivity contribution in [2.45, 2.75) is 33.2 Å². The molecule has 3 rings (SSSR count). The number of benzene rings is 3. The van der Waals surface area contributed by atoms with Crippen LogP contribution in [0.5, 0.6) is 11.5 Å². The molecule has 0 heterocycles. The molecule has 0 saturated carbocycles. The van der Waals surface area contributed by atoms with Crippen LogP contribution in [-0.4, -0.2) is 21.3 Å². The van der Waals surface area contributed by atoms with Crippen LogP contribution in [0.4, 0.5) is 0 Å². The first kappa shape index (κ1) is 24.3. The Hall–Kier alpha value is -2.78. The lowest BCUT2D eigenvalue weighted by Gasteiger charge is -2.36. The molecule has 0 aromatic heterocycles. The van der Waals surface area contributed by atoms with Crippen LogP contribution < -0.4 is 14.8 Å². The van der Waals surface area contributed by atoms with Crippen molar-refractivity contribution in [1.29, 1.82) is 0 Å². The van der Waals surface area contributed by atoms with Crippen LogP contribution in [0.15, 0.2) is 78.9 Å². The summed E-state index contributed by atoms with van der Waals surface area (Å²) in [5.41, 5.74) is 3.01. The highest BCUT2D eigenvalue weighted by Gasteiger charge is 2.34. The highest BCUT2D eigenvalue weighted by molar-refractivity contribution is 5.51. The van der Waals surface area contributed by atoms with Gasteiger partial charge in [0.05, 0.1) is 19.8 Å². The fourth-order valence-corrected chi connectivity index (χ4v) is 3.30. The van der Waals surface area contributed by atoms with Crippen LogP contribution in [-0.2, 0) is 5.54 Å². The topological polar surface area (TPSA) is 30.5 Å². The first-order valence-electron chi connectivity index (χ1n) is 10.3. The summed E-state index contributed by atoms with van der Waals surface area (Å²) in [6.07, 6.45) is 0. The summed E-state index contributed by atoms with van der Waals surface area (Å²) in [6.45, 7) is 8.00. The summed E-state index contributed by atoms with van der Waals surface area (Å²) in [4.78, 5) is 0. The molecule has 0 unspecified atom stereocenters. The predicted molar refractivity (Wildman–Crippen MR) is 124 cm³/mol. The Morgan fingerprint density at radius 3 is 1.21 bits per heavy atom. The Kier molecular flexibility index (Phi) is 10.6. The zero-order chi connectivity index (χ0) is 21.7. The van der Waals surface area contributed by atoms with Gasteiger partial charge < -0.3 is 14.8 Å². The van der Waals surface area contributed by atoms with E-state index in [1.54, 1.807) is 14.2 Å². The minimum atomic E-state index is -0.459. The first-order valence-corrected chi connectivity index (χ1v) is 10.3. The lowest BCUT2D eigenvalue weighted by atomic mass is 9.77. The molecule has 0 radical (unpaired) electrons. The zero-order valence-electron chi connectivity index (χ0n) is 18.8. The monoisotopic (exact) mass is 393 g/mol. The van der Waals surface area contributed by atoms with Crippen molar-refractivity contribution >= 4 is 0 Å². The zero-order valence-corrected chi connectivity index (χ0v) is 18.8. The number of hydrogen-bond donors (Lipinski definition) is 1. The van der Waals surface area contributed by atoms with E-state index in [1.807, 2.05) is 65.1 Å². The van der Waals surface area contributed by atoms with Crippen LogP contribution in [0.1, 0.15) is 44.4 Å². The van der Waals surface area contributed by atoms with Gasteiger partial charge in [-0.25, -0.2) is 0 Å². The van der Waals surface area contributed by atoms with Crippen LogP contribution in [0.25, 0.3) is 0 Å². The van der Waals surface area contributed by atoms with E-state index in [0.29, 0.717) is 0 Å². The minimum Gasteiger partial charge on any atom is -0.497 e. The molecule has 3 aromatic rings. The maximum atomic E-state index is 5.32. The number of ether oxygens (including phenoxy) is 2. The van der Waals surface area contributed by atoms with Gasteiger partial charge in [0, 0.05) is 0 Å². The molecule has 3 aromatic carbocycles.